The Morgan fingerprint density at radius 2 is 1.68 bits per heavy atom. The molecular weight excluding hydrogens is 384 g/mol. The van der Waals surface area contributed by atoms with Crippen molar-refractivity contribution in [1.82, 2.24) is 4.90 Å². The van der Waals surface area contributed by atoms with Crippen molar-refractivity contribution in [2.45, 2.75) is 25.2 Å². The molecule has 1 heterocycles. The van der Waals surface area contributed by atoms with Gasteiger partial charge in [0.15, 0.2) is 0 Å². The fraction of sp³-hybridized carbons (Fsp3) is 0.259. The summed E-state index contributed by atoms with van der Waals surface area (Å²) in [7, 11) is 3.38. The summed E-state index contributed by atoms with van der Waals surface area (Å²) in [4.78, 5) is 14.9. The van der Waals surface area contributed by atoms with Gasteiger partial charge in [-0.3, -0.25) is 10.2 Å². The lowest BCUT2D eigenvalue weighted by atomic mass is 9.64. The van der Waals surface area contributed by atoms with Crippen molar-refractivity contribution in [2.24, 2.45) is 5.92 Å². The lowest BCUT2D eigenvalue weighted by molar-refractivity contribution is -0.134. The van der Waals surface area contributed by atoms with Crippen molar-refractivity contribution in [3.63, 3.8) is 0 Å². The highest BCUT2D eigenvalue weighted by molar-refractivity contribution is 6.01. The standard InChI is InChI=1S/C27H28N2O2/c1-27(22-13-7-11-20(16-22)21-12-8-14-23(17-21)31-3)18-25(28)29(2)26(30)24(27)15-19-9-5-4-6-10-19/h4-14,16-17,24,28H,15,18H2,1-3H3/t24-,27+/m0/s1. The zero-order chi connectivity index (χ0) is 22.0. The lowest BCUT2D eigenvalue weighted by Crippen LogP contribution is -2.54. The normalized spacial score (nSPS) is 21.3. The van der Waals surface area contributed by atoms with Crippen molar-refractivity contribution < 1.29 is 9.53 Å². The number of hydrogen-bond acceptors (Lipinski definition) is 3. The Morgan fingerprint density at radius 3 is 2.39 bits per heavy atom. The van der Waals surface area contributed by atoms with Crippen LogP contribution in [-0.4, -0.2) is 30.8 Å². The zero-order valence-electron chi connectivity index (χ0n) is 18.3. The number of methoxy groups -OCH3 is 1. The number of amides is 1. The average molecular weight is 413 g/mol. The van der Waals surface area contributed by atoms with Crippen LogP contribution in [0.25, 0.3) is 11.1 Å². The van der Waals surface area contributed by atoms with E-state index in [-0.39, 0.29) is 11.8 Å². The highest BCUT2D eigenvalue weighted by Gasteiger charge is 2.47. The number of benzene rings is 3. The van der Waals surface area contributed by atoms with Crippen molar-refractivity contribution in [3.05, 3.63) is 90.0 Å². The second-order valence-corrected chi connectivity index (χ2v) is 8.49. The molecule has 31 heavy (non-hydrogen) atoms. The minimum Gasteiger partial charge on any atom is -0.497 e. The molecule has 1 fully saturated rings. The van der Waals surface area contributed by atoms with Gasteiger partial charge < -0.3 is 9.64 Å². The molecule has 0 radical (unpaired) electrons. The third-order valence-electron chi connectivity index (χ3n) is 6.55. The lowest BCUT2D eigenvalue weighted by Gasteiger charge is -2.45. The minimum absolute atomic E-state index is 0.00869. The van der Waals surface area contributed by atoms with Crippen LogP contribution < -0.4 is 4.74 Å². The molecule has 0 bridgehead atoms. The third-order valence-corrected chi connectivity index (χ3v) is 6.55. The summed E-state index contributed by atoms with van der Waals surface area (Å²) in [6.07, 6.45) is 1.17. The van der Waals surface area contributed by atoms with Gasteiger partial charge in [0.2, 0.25) is 5.91 Å². The van der Waals surface area contributed by atoms with E-state index in [2.05, 4.69) is 43.3 Å². The molecular formula is C27H28N2O2. The Balaban J connectivity index is 1.77. The molecule has 0 unspecified atom stereocenters. The van der Waals surface area contributed by atoms with Gasteiger partial charge in [-0.05, 0) is 40.8 Å². The van der Waals surface area contributed by atoms with Gasteiger partial charge in [0.05, 0.1) is 13.0 Å². The predicted octanol–water partition coefficient (Wildman–Crippen LogP) is 5.32. The largest absolute Gasteiger partial charge is 0.497 e. The summed E-state index contributed by atoms with van der Waals surface area (Å²) in [6.45, 7) is 2.13. The second-order valence-electron chi connectivity index (χ2n) is 8.49. The Bertz CT molecular complexity index is 1110. The van der Waals surface area contributed by atoms with Gasteiger partial charge in [-0.2, -0.15) is 0 Å². The van der Waals surface area contributed by atoms with Gasteiger partial charge in [0.25, 0.3) is 0 Å². The van der Waals surface area contributed by atoms with Crippen molar-refractivity contribution in [2.75, 3.05) is 14.2 Å². The number of carbonyl (C=O) groups excluding carboxylic acids is 1. The number of carbonyl (C=O) groups is 1. The summed E-state index contributed by atoms with van der Waals surface area (Å²) in [6, 6.07) is 26.5. The van der Waals surface area contributed by atoms with E-state index in [1.165, 1.54) is 4.90 Å². The number of piperidine rings is 1. The van der Waals surface area contributed by atoms with E-state index < -0.39 is 5.41 Å². The second kappa shape index (κ2) is 8.38. The van der Waals surface area contributed by atoms with Crippen LogP contribution in [0.2, 0.25) is 0 Å². The van der Waals surface area contributed by atoms with E-state index in [1.807, 2.05) is 42.5 Å². The zero-order valence-corrected chi connectivity index (χ0v) is 18.3. The van der Waals surface area contributed by atoms with E-state index in [0.717, 1.165) is 28.0 Å². The van der Waals surface area contributed by atoms with Gasteiger partial charge in [-0.1, -0.05) is 73.7 Å². The van der Waals surface area contributed by atoms with Crippen LogP contribution in [0.3, 0.4) is 0 Å². The molecule has 3 aromatic carbocycles. The minimum atomic E-state index is -0.467. The highest BCUT2D eigenvalue weighted by atomic mass is 16.5. The van der Waals surface area contributed by atoms with Gasteiger partial charge >= 0.3 is 0 Å². The van der Waals surface area contributed by atoms with Gasteiger partial charge in [0, 0.05) is 18.9 Å². The third kappa shape index (κ3) is 3.98. The fourth-order valence-electron chi connectivity index (χ4n) is 4.55. The number of hydrogen-bond donors (Lipinski definition) is 1. The molecule has 1 N–H and O–H groups in total. The molecule has 0 saturated carbocycles. The Labute approximate surface area is 184 Å². The Morgan fingerprint density at radius 1 is 1.00 bits per heavy atom. The molecule has 1 amide bonds. The number of rotatable bonds is 5. The first-order chi connectivity index (χ1) is 14.9. The van der Waals surface area contributed by atoms with Crippen LogP contribution in [0.4, 0.5) is 0 Å². The number of nitrogens with zero attached hydrogens (tertiary/aromatic N) is 1. The van der Waals surface area contributed by atoms with E-state index in [9.17, 15) is 4.79 Å². The van der Waals surface area contributed by atoms with Gasteiger partial charge in [-0.15, -0.1) is 0 Å². The van der Waals surface area contributed by atoms with E-state index in [0.29, 0.717) is 18.7 Å². The topological polar surface area (TPSA) is 53.4 Å². The Hall–Kier alpha value is -3.40. The fourth-order valence-corrected chi connectivity index (χ4v) is 4.55. The molecule has 3 aromatic rings. The van der Waals surface area contributed by atoms with Crippen LogP contribution >= 0.6 is 0 Å². The SMILES string of the molecule is COc1cccc(-c2cccc([C@@]3(C)CC(=N)N(C)C(=O)[C@@H]3Cc3ccccc3)c2)c1. The quantitative estimate of drug-likeness (QED) is 0.617. The molecule has 2 atom stereocenters. The summed E-state index contributed by atoms with van der Waals surface area (Å²) < 4.78 is 5.39. The number of ether oxygens (including phenoxy) is 1. The predicted molar refractivity (Wildman–Crippen MR) is 125 cm³/mol. The van der Waals surface area contributed by atoms with Gasteiger partial charge in [0.1, 0.15) is 11.6 Å². The maximum Gasteiger partial charge on any atom is 0.231 e. The van der Waals surface area contributed by atoms with E-state index >= 15 is 0 Å². The van der Waals surface area contributed by atoms with Crippen molar-refractivity contribution in [3.8, 4) is 16.9 Å². The van der Waals surface area contributed by atoms with Crippen LogP contribution in [0.5, 0.6) is 5.75 Å². The van der Waals surface area contributed by atoms with Crippen molar-refractivity contribution in [1.29, 1.82) is 5.41 Å². The molecule has 0 aliphatic carbocycles. The monoisotopic (exact) mass is 412 g/mol. The smallest absolute Gasteiger partial charge is 0.231 e. The van der Waals surface area contributed by atoms with Crippen LogP contribution in [0.1, 0.15) is 24.5 Å². The summed E-state index contributed by atoms with van der Waals surface area (Å²) in [5.41, 5.74) is 3.90. The van der Waals surface area contributed by atoms with Crippen LogP contribution in [0, 0.1) is 11.3 Å². The summed E-state index contributed by atoms with van der Waals surface area (Å²) >= 11 is 0. The summed E-state index contributed by atoms with van der Waals surface area (Å²) in [5.74, 6) is 0.944. The number of nitrogens with one attached hydrogen (secondary N) is 1. The van der Waals surface area contributed by atoms with Crippen LogP contribution in [0.15, 0.2) is 78.9 Å². The number of likely N-dealkylation sites (tertiary alicyclic amines) is 1. The first-order valence-corrected chi connectivity index (χ1v) is 10.6. The first-order valence-electron chi connectivity index (χ1n) is 10.6. The maximum absolute atomic E-state index is 13.3. The molecule has 0 spiro atoms. The average Bonchev–Trinajstić information content (AvgIpc) is 2.81. The molecule has 4 heteroatoms. The molecule has 0 aromatic heterocycles. The molecule has 1 aliphatic rings. The van der Waals surface area contributed by atoms with E-state index in [4.69, 9.17) is 10.1 Å². The molecule has 4 nitrogen and oxygen atoms in total. The molecule has 4 rings (SSSR count). The highest BCUT2D eigenvalue weighted by Crippen LogP contribution is 2.43. The van der Waals surface area contributed by atoms with E-state index in [1.54, 1.807) is 14.2 Å². The Kier molecular flexibility index (Phi) is 5.64. The summed E-state index contributed by atoms with van der Waals surface area (Å²) in [5, 5.41) is 8.46. The molecule has 1 saturated heterocycles. The van der Waals surface area contributed by atoms with Gasteiger partial charge in [-0.25, -0.2) is 0 Å². The number of amidine groups is 1. The van der Waals surface area contributed by atoms with Crippen molar-refractivity contribution >= 4 is 11.7 Å². The molecule has 158 valence electrons. The van der Waals surface area contributed by atoms with Crippen LogP contribution in [-0.2, 0) is 16.6 Å². The molecule has 1 aliphatic heterocycles. The first kappa shape index (κ1) is 20.9. The maximum atomic E-state index is 13.3.